The van der Waals surface area contributed by atoms with Crippen LogP contribution >= 0.6 is 0 Å². The smallest absolute Gasteiger partial charge is 0.501 e. The molecule has 0 N–H and O–H groups in total. The first-order chi connectivity index (χ1) is 39.1. The average Bonchev–Trinajstić information content (AvgIpc) is 2.15. The van der Waals surface area contributed by atoms with Gasteiger partial charge < -0.3 is 19.4 Å². The first-order valence-corrected chi connectivity index (χ1v) is 30.3. The Labute approximate surface area is 460 Å². The number of fused-ring (bicyclic) bond motifs is 3. The Morgan fingerprint density at radius 1 is 0.639 bits per heavy atom. The van der Waals surface area contributed by atoms with E-state index in [1.165, 1.54) is 46.9 Å². The molecule has 0 aliphatic rings. The van der Waals surface area contributed by atoms with Gasteiger partial charge in [-0.3, -0.25) is 4.39 Å². The maximum absolute atomic E-state index is 12.8. The van der Waals surface area contributed by atoms with Crippen LogP contribution in [-0.2, 0) is 26.5 Å². The zero-order chi connectivity index (χ0) is 61.6. The number of rotatable bonds is 8. The summed E-state index contributed by atoms with van der Waals surface area (Å²) in [6.07, 6.45) is 2.94. The average molecular weight is 1170 g/mol. The molecule has 0 fully saturated rings. The van der Waals surface area contributed by atoms with E-state index in [0.717, 1.165) is 33.2 Å². The summed E-state index contributed by atoms with van der Waals surface area (Å²) >= 11 is 0. The molecule has 4 heterocycles. The minimum Gasteiger partial charge on any atom is -0.501 e. The SMILES string of the molecule is C[Si](C)(C)c1ccc(-c2[c-]cc(F)cc2)nc1.[2H]c1[c-]c(-c2ccc([Si](C)(C)C)cn2)c([2H])c([2H])c1[2H].[2H]c1cc(C([2H])([2H])C(C)(C)C)cc(C([2H])([2H])[2H])c1-c1cc(-c2[c-]ccc3c2oc2cc(-c4ccccc4)ccc23)ncc1C([2H])([2H])[2H].[Ir+3]. The van der Waals surface area contributed by atoms with E-state index in [0.29, 0.717) is 28.0 Å². The molecule has 0 aliphatic heterocycles. The summed E-state index contributed by atoms with van der Waals surface area (Å²) < 4.78 is 126. The quantitative estimate of drug-likeness (QED) is 0.112. The third-order valence-corrected chi connectivity index (χ3v) is 15.6. The molecule has 72 heavy (non-hydrogen) atoms. The molecule has 10 aromatic rings. The fourth-order valence-corrected chi connectivity index (χ4v) is 9.76. The molecule has 0 radical (unpaired) electrons. The van der Waals surface area contributed by atoms with Crippen molar-refractivity contribution in [1.29, 1.82) is 0 Å². The van der Waals surface area contributed by atoms with Gasteiger partial charge in [-0.25, -0.2) is 0 Å². The zero-order valence-corrected chi connectivity index (χ0v) is 46.1. The Hall–Kier alpha value is -6.42. The molecule has 0 aliphatic carbocycles. The fraction of sp³-hybridized carbons (Fsp3) is 0.203. The predicted octanol–water partition coefficient (Wildman–Crippen LogP) is 16.3. The summed E-state index contributed by atoms with van der Waals surface area (Å²) in [5.41, 5.74) is 4.84. The van der Waals surface area contributed by atoms with E-state index in [-0.39, 0.29) is 89.6 Å². The summed E-state index contributed by atoms with van der Waals surface area (Å²) in [6.45, 7) is 13.1. The molecule has 8 heteroatoms. The number of hydrogen-bond donors (Lipinski definition) is 0. The van der Waals surface area contributed by atoms with Crippen LogP contribution in [0.4, 0.5) is 4.39 Å². The molecule has 0 saturated heterocycles. The van der Waals surface area contributed by atoms with Crippen LogP contribution in [0, 0.1) is 43.1 Å². The third-order valence-electron chi connectivity index (χ3n) is 11.5. The van der Waals surface area contributed by atoms with Crippen LogP contribution in [0.1, 0.15) is 55.3 Å². The van der Waals surface area contributed by atoms with Crippen LogP contribution in [-0.4, -0.2) is 31.1 Å². The van der Waals surface area contributed by atoms with E-state index in [4.69, 9.17) is 22.2 Å². The maximum atomic E-state index is 12.8. The summed E-state index contributed by atoms with van der Waals surface area (Å²) in [5, 5.41) is 4.20. The molecule has 10 rings (SSSR count). The molecule has 0 amide bonds. The van der Waals surface area contributed by atoms with Crippen molar-refractivity contribution in [3.05, 3.63) is 211 Å². The Morgan fingerprint density at radius 3 is 1.96 bits per heavy atom. The first-order valence-electron chi connectivity index (χ1n) is 29.8. The van der Waals surface area contributed by atoms with Gasteiger partial charge in [-0.15, -0.1) is 83.8 Å². The van der Waals surface area contributed by atoms with E-state index in [1.807, 2.05) is 72.9 Å². The predicted molar refractivity (Wildman–Crippen MR) is 302 cm³/mol. The zero-order valence-electron chi connectivity index (χ0n) is 54.7. The number of hydrogen-bond acceptors (Lipinski definition) is 4. The van der Waals surface area contributed by atoms with E-state index < -0.39 is 41.6 Å². The van der Waals surface area contributed by atoms with Crippen molar-refractivity contribution < 1.29 is 46.7 Å². The second-order valence-corrected chi connectivity index (χ2v) is 30.4. The van der Waals surface area contributed by atoms with E-state index in [9.17, 15) is 4.39 Å². The van der Waals surface area contributed by atoms with Gasteiger partial charge in [0.05, 0.1) is 23.1 Å². The standard InChI is InChI=1S/C36H32NO.C14H15FNSi.C14H16NSi.Ir/c1-23-18-25(21-36(3,4)5)14-16-28(23)32-20-33(37-22-24(32)2)31-13-9-12-30-29-17-15-27(19-34(29)38-35(30)31)26-10-7-6-8-11-26;1-17(2,3)13-8-9-14(16-10-13)11-4-6-12(15)7-5-11;1-16(2,3)13-9-10-14(15-11-13)12-7-5-4-6-8-12;/h6-12,14-20,22H,21H2,1-5H3;4,6-10H,1-3H3;4-7,9-11H,1-3H3;/q3*-1;+3/i1D3,2D3,16D,21D2;;4D,5D,6D,7D;. The molecule has 6 aromatic carbocycles. The van der Waals surface area contributed by atoms with Crippen molar-refractivity contribution in [3.8, 4) is 56.0 Å². The molecule has 0 bridgehead atoms. The number of aromatic nitrogens is 3. The first kappa shape index (κ1) is 38.2. The maximum Gasteiger partial charge on any atom is 3.00 e. The van der Waals surface area contributed by atoms with Crippen molar-refractivity contribution in [3.63, 3.8) is 0 Å². The molecule has 4 nitrogen and oxygen atoms in total. The minimum atomic E-state index is -2.79. The van der Waals surface area contributed by atoms with Crippen LogP contribution in [0.3, 0.4) is 0 Å². The molecule has 0 spiro atoms. The van der Waals surface area contributed by atoms with E-state index in [1.54, 1.807) is 45.2 Å². The molecular weight excluding hydrogens is 1090 g/mol. The van der Waals surface area contributed by atoms with Crippen molar-refractivity contribution >= 4 is 48.5 Å². The van der Waals surface area contributed by atoms with Crippen molar-refractivity contribution in [2.75, 3.05) is 0 Å². The van der Waals surface area contributed by atoms with Crippen molar-refractivity contribution in [1.82, 2.24) is 15.0 Å². The molecule has 0 saturated carbocycles. The number of pyridine rings is 3. The van der Waals surface area contributed by atoms with Gasteiger partial charge in [-0.1, -0.05) is 162 Å². The second-order valence-electron chi connectivity index (χ2n) is 20.2. The molecule has 364 valence electrons. The van der Waals surface area contributed by atoms with Crippen molar-refractivity contribution in [2.45, 2.75) is 80.1 Å². The third kappa shape index (κ3) is 13.2. The number of halogens is 1. The Kier molecular flexibility index (Phi) is 12.0. The van der Waals surface area contributed by atoms with Gasteiger partial charge in [0.25, 0.3) is 0 Å². The topological polar surface area (TPSA) is 51.8 Å². The number of aryl methyl sites for hydroxylation is 2. The van der Waals surface area contributed by atoms with E-state index in [2.05, 4.69) is 78.5 Å². The number of nitrogens with zero attached hydrogens (tertiary/aromatic N) is 3. The summed E-state index contributed by atoms with van der Waals surface area (Å²) in [4.78, 5) is 13.3. The van der Waals surface area contributed by atoms with E-state index >= 15 is 0 Å². The van der Waals surface area contributed by atoms with Crippen LogP contribution in [0.5, 0.6) is 0 Å². The monoisotopic (exact) mass is 1170 g/mol. The van der Waals surface area contributed by atoms with Gasteiger partial charge in [0, 0.05) is 43.5 Å². The molecule has 0 unspecified atom stereocenters. The van der Waals surface area contributed by atoms with Gasteiger partial charge in [0.1, 0.15) is 5.58 Å². The van der Waals surface area contributed by atoms with Gasteiger partial charge in [0.15, 0.2) is 0 Å². The minimum absolute atomic E-state index is 0. The van der Waals surface area contributed by atoms with Crippen molar-refractivity contribution in [2.24, 2.45) is 5.41 Å². The van der Waals surface area contributed by atoms with Crippen LogP contribution in [0.2, 0.25) is 39.3 Å². The fourth-order valence-electron chi connectivity index (χ4n) is 7.69. The normalized spacial score (nSPS) is 14.7. The summed E-state index contributed by atoms with van der Waals surface area (Å²) in [6, 6.07) is 43.5. The second kappa shape index (κ2) is 22.6. The van der Waals surface area contributed by atoms with Crippen LogP contribution < -0.4 is 10.4 Å². The summed E-state index contributed by atoms with van der Waals surface area (Å²) in [5.74, 6) is -0.271. The molecule has 4 aromatic heterocycles. The van der Waals surface area contributed by atoms with Gasteiger partial charge in [-0.2, -0.15) is 0 Å². The van der Waals surface area contributed by atoms with Crippen LogP contribution in [0.15, 0.2) is 175 Å². The summed E-state index contributed by atoms with van der Waals surface area (Å²) in [7, 11) is -2.72. The largest absolute Gasteiger partial charge is 3.00 e. The molecular formula is C64H63FIrN3OSi2. The Morgan fingerprint density at radius 2 is 1.33 bits per heavy atom. The van der Waals surface area contributed by atoms with Gasteiger partial charge in [0.2, 0.25) is 0 Å². The van der Waals surface area contributed by atoms with Gasteiger partial charge >= 0.3 is 20.1 Å². The Balaban J connectivity index is 0.000000223. The number of benzene rings is 6. The Bertz CT molecular complexity index is 4030. The molecule has 0 atom stereocenters. The van der Waals surface area contributed by atoms with Gasteiger partial charge in [-0.05, 0) is 101 Å². The number of furan rings is 1. The van der Waals surface area contributed by atoms with Crippen LogP contribution in [0.25, 0.3) is 78.0 Å².